The fourth-order valence-corrected chi connectivity index (χ4v) is 2.69. The minimum absolute atomic E-state index is 0.174. The first-order chi connectivity index (χ1) is 9.26. The average Bonchev–Trinajstić information content (AvgIpc) is 2.98. The Kier molecular flexibility index (Phi) is 3.38. The van der Waals surface area contributed by atoms with E-state index >= 15 is 0 Å². The maximum Gasteiger partial charge on any atom is 0.236 e. The fourth-order valence-electron chi connectivity index (χ4n) is 2.69. The van der Waals surface area contributed by atoms with Gasteiger partial charge in [-0.25, -0.2) is 0 Å². The van der Waals surface area contributed by atoms with E-state index in [1.165, 1.54) is 24.0 Å². The van der Waals surface area contributed by atoms with Crippen molar-refractivity contribution in [1.82, 2.24) is 14.8 Å². The first kappa shape index (κ1) is 12.4. The van der Waals surface area contributed by atoms with Crippen LogP contribution in [-0.2, 0) is 19.4 Å². The van der Waals surface area contributed by atoms with Crippen molar-refractivity contribution in [3.63, 3.8) is 0 Å². The summed E-state index contributed by atoms with van der Waals surface area (Å²) in [6, 6.07) is 0.174. The van der Waals surface area contributed by atoms with Crippen LogP contribution in [0.2, 0.25) is 0 Å². The van der Waals surface area contributed by atoms with E-state index in [-0.39, 0.29) is 6.04 Å². The molecule has 2 aromatic heterocycles. The van der Waals surface area contributed by atoms with Gasteiger partial charge in [-0.2, -0.15) is 0 Å². The lowest BCUT2D eigenvalue weighted by Crippen LogP contribution is -2.09. The molecule has 1 atom stereocenters. The van der Waals surface area contributed by atoms with Gasteiger partial charge in [0.25, 0.3) is 0 Å². The number of aromatic nitrogens is 3. The molecule has 0 spiro atoms. The highest BCUT2D eigenvalue weighted by Gasteiger charge is 2.18. The Labute approximate surface area is 112 Å². The highest BCUT2D eigenvalue weighted by molar-refractivity contribution is 5.29. The van der Waals surface area contributed by atoms with Gasteiger partial charge in [-0.05, 0) is 30.4 Å². The highest BCUT2D eigenvalue weighted by Crippen LogP contribution is 2.27. The monoisotopic (exact) mass is 260 g/mol. The quantitative estimate of drug-likeness (QED) is 0.859. The normalized spacial score (nSPS) is 19.2. The van der Waals surface area contributed by atoms with Crippen LogP contribution in [0.1, 0.15) is 55.1 Å². The number of rotatable bonds is 3. The molecule has 0 aromatic carbocycles. The van der Waals surface area contributed by atoms with E-state index in [1.54, 1.807) is 0 Å². The Morgan fingerprint density at radius 3 is 2.95 bits per heavy atom. The molecule has 1 aliphatic rings. The maximum atomic E-state index is 6.21. The number of hydrogen-bond donors (Lipinski definition) is 1. The highest BCUT2D eigenvalue weighted by atomic mass is 16.4. The van der Waals surface area contributed by atoms with E-state index in [1.807, 2.05) is 6.92 Å². The molecule has 0 amide bonds. The van der Waals surface area contributed by atoms with E-state index in [0.29, 0.717) is 18.3 Å². The number of nitrogens with zero attached hydrogens (tertiary/aromatic N) is 3. The van der Waals surface area contributed by atoms with Crippen molar-refractivity contribution in [2.45, 2.75) is 51.6 Å². The Balaban J connectivity index is 1.80. The molecule has 3 rings (SSSR count). The van der Waals surface area contributed by atoms with Gasteiger partial charge in [-0.15, -0.1) is 10.2 Å². The molecule has 2 heterocycles. The second-order valence-corrected chi connectivity index (χ2v) is 5.21. The molecule has 1 unspecified atom stereocenters. The van der Waals surface area contributed by atoms with Crippen LogP contribution in [0.4, 0.5) is 0 Å². The molecule has 1 aliphatic carbocycles. The molecule has 102 valence electrons. The van der Waals surface area contributed by atoms with Gasteiger partial charge in [-0.3, -0.25) is 0 Å². The van der Waals surface area contributed by atoms with E-state index in [9.17, 15) is 0 Å². The standard InChI is InChI=1S/C14H20N4O/c1-2-13-16-17-14(19-13)9-18-7-10-5-3-4-6-12(15)11(10)8-18/h7-8,12H,2-6,9,15H2,1H3. The predicted octanol–water partition coefficient (Wildman–Crippen LogP) is 2.21. The molecule has 0 saturated heterocycles. The number of fused-ring (bicyclic) bond motifs is 1. The molecule has 0 saturated carbocycles. The summed E-state index contributed by atoms with van der Waals surface area (Å²) in [4.78, 5) is 0. The van der Waals surface area contributed by atoms with Crippen LogP contribution < -0.4 is 5.73 Å². The Hall–Kier alpha value is -1.62. The molecule has 5 nitrogen and oxygen atoms in total. The van der Waals surface area contributed by atoms with Crippen LogP contribution in [0.25, 0.3) is 0 Å². The average molecular weight is 260 g/mol. The van der Waals surface area contributed by atoms with Gasteiger partial charge in [0.2, 0.25) is 11.8 Å². The van der Waals surface area contributed by atoms with E-state index in [0.717, 1.165) is 19.3 Å². The van der Waals surface area contributed by atoms with Crippen molar-refractivity contribution < 1.29 is 4.42 Å². The summed E-state index contributed by atoms with van der Waals surface area (Å²) in [5.41, 5.74) is 8.87. The molecule has 0 aliphatic heterocycles. The summed E-state index contributed by atoms with van der Waals surface area (Å²) in [5.74, 6) is 1.36. The minimum Gasteiger partial charge on any atom is -0.423 e. The van der Waals surface area contributed by atoms with E-state index in [4.69, 9.17) is 10.2 Å². The SMILES string of the molecule is CCc1nnc(Cn2cc3c(c2)C(N)CCCC3)o1. The van der Waals surface area contributed by atoms with Crippen molar-refractivity contribution >= 4 is 0 Å². The van der Waals surface area contributed by atoms with Gasteiger partial charge >= 0.3 is 0 Å². The van der Waals surface area contributed by atoms with Gasteiger partial charge < -0.3 is 14.7 Å². The number of hydrogen-bond acceptors (Lipinski definition) is 4. The van der Waals surface area contributed by atoms with Crippen LogP contribution in [0.15, 0.2) is 16.8 Å². The summed E-state index contributed by atoms with van der Waals surface area (Å²) < 4.78 is 7.66. The van der Waals surface area contributed by atoms with Crippen molar-refractivity contribution in [2.75, 3.05) is 0 Å². The van der Waals surface area contributed by atoms with Crippen LogP contribution in [0.3, 0.4) is 0 Å². The lowest BCUT2D eigenvalue weighted by Gasteiger charge is -2.07. The third kappa shape index (κ3) is 2.56. The second kappa shape index (κ2) is 5.17. The molecule has 2 N–H and O–H groups in total. The number of aryl methyl sites for hydroxylation is 2. The Morgan fingerprint density at radius 2 is 2.16 bits per heavy atom. The molecule has 0 radical (unpaired) electrons. The lowest BCUT2D eigenvalue weighted by molar-refractivity contribution is 0.442. The van der Waals surface area contributed by atoms with E-state index in [2.05, 4.69) is 27.2 Å². The minimum atomic E-state index is 0.174. The third-order valence-corrected chi connectivity index (χ3v) is 3.74. The lowest BCUT2D eigenvalue weighted by atomic mass is 10.1. The van der Waals surface area contributed by atoms with Gasteiger partial charge in [0.05, 0.1) is 0 Å². The molecule has 5 heteroatoms. The molecule has 0 fully saturated rings. The van der Waals surface area contributed by atoms with Crippen molar-refractivity contribution in [2.24, 2.45) is 5.73 Å². The van der Waals surface area contributed by atoms with Gasteiger partial charge in [0, 0.05) is 24.9 Å². The van der Waals surface area contributed by atoms with Crippen LogP contribution in [-0.4, -0.2) is 14.8 Å². The predicted molar refractivity (Wildman–Crippen MR) is 71.7 cm³/mol. The maximum absolute atomic E-state index is 6.21. The summed E-state index contributed by atoms with van der Waals surface area (Å²) >= 11 is 0. The first-order valence-corrected chi connectivity index (χ1v) is 7.01. The largest absolute Gasteiger partial charge is 0.423 e. The smallest absolute Gasteiger partial charge is 0.236 e. The third-order valence-electron chi connectivity index (χ3n) is 3.74. The summed E-state index contributed by atoms with van der Waals surface area (Å²) in [7, 11) is 0. The van der Waals surface area contributed by atoms with Crippen molar-refractivity contribution in [3.05, 3.63) is 35.3 Å². The topological polar surface area (TPSA) is 69.9 Å². The van der Waals surface area contributed by atoms with Crippen molar-refractivity contribution in [1.29, 1.82) is 0 Å². The molecular weight excluding hydrogens is 240 g/mol. The zero-order valence-electron chi connectivity index (χ0n) is 11.3. The van der Waals surface area contributed by atoms with Crippen LogP contribution in [0.5, 0.6) is 0 Å². The van der Waals surface area contributed by atoms with E-state index < -0.39 is 0 Å². The van der Waals surface area contributed by atoms with Gasteiger partial charge in [-0.1, -0.05) is 13.3 Å². The zero-order valence-corrected chi connectivity index (χ0v) is 11.3. The van der Waals surface area contributed by atoms with Crippen LogP contribution in [0, 0.1) is 0 Å². The zero-order chi connectivity index (χ0) is 13.2. The summed E-state index contributed by atoms with van der Waals surface area (Å²) in [6.07, 6.45) is 9.75. The van der Waals surface area contributed by atoms with Crippen molar-refractivity contribution in [3.8, 4) is 0 Å². The fraction of sp³-hybridized carbons (Fsp3) is 0.571. The molecule has 19 heavy (non-hydrogen) atoms. The van der Waals surface area contributed by atoms with Crippen LogP contribution >= 0.6 is 0 Å². The Morgan fingerprint density at radius 1 is 1.32 bits per heavy atom. The summed E-state index contributed by atoms with van der Waals surface area (Å²) in [6.45, 7) is 2.64. The first-order valence-electron chi connectivity index (χ1n) is 7.01. The molecule has 2 aromatic rings. The molecule has 0 bridgehead atoms. The molecular formula is C14H20N4O. The number of nitrogens with two attached hydrogens (primary N) is 1. The Bertz CT molecular complexity index is 558. The van der Waals surface area contributed by atoms with Gasteiger partial charge in [0.15, 0.2) is 0 Å². The second-order valence-electron chi connectivity index (χ2n) is 5.21. The van der Waals surface area contributed by atoms with Gasteiger partial charge in [0.1, 0.15) is 6.54 Å². The summed E-state index contributed by atoms with van der Waals surface area (Å²) in [5, 5.41) is 8.05.